The number of guanidine groups is 1. The van der Waals surface area contributed by atoms with Crippen LogP contribution in [0.5, 0.6) is 0 Å². The molecular formula is C43H78N16O13. The molecule has 0 saturated carbocycles. The van der Waals surface area contributed by atoms with Crippen molar-refractivity contribution in [3.8, 4) is 0 Å². The lowest BCUT2D eigenvalue weighted by Crippen LogP contribution is -2.60. The Labute approximate surface area is 418 Å². The van der Waals surface area contributed by atoms with E-state index in [0.717, 1.165) is 7.11 Å². The van der Waals surface area contributed by atoms with E-state index >= 15 is 0 Å². The number of esters is 1. The van der Waals surface area contributed by atoms with E-state index < -0.39 is 126 Å². The first kappa shape index (κ1) is 63.5. The van der Waals surface area contributed by atoms with Crippen molar-refractivity contribution in [3.63, 3.8) is 0 Å². The maximum atomic E-state index is 14.1. The molecule has 0 bridgehead atoms. The number of hydrogen-bond donors (Lipinski definition) is 16. The van der Waals surface area contributed by atoms with Crippen molar-refractivity contribution >= 4 is 65.2 Å². The highest BCUT2D eigenvalue weighted by molar-refractivity contribution is 5.99. The van der Waals surface area contributed by atoms with Gasteiger partial charge < -0.3 is 97.2 Å². The molecule has 3 unspecified atom stereocenters. The summed E-state index contributed by atoms with van der Waals surface area (Å²) >= 11 is 0. The number of methoxy groups -OCH3 is 1. The number of carbonyl (C=O) groups is 10. The number of carboxylic acid groups (broad SMARTS) is 1. The molecule has 408 valence electrons. The molecule has 0 aliphatic carbocycles. The van der Waals surface area contributed by atoms with Crippen LogP contribution in [0.15, 0.2) is 16.8 Å². The lowest BCUT2D eigenvalue weighted by molar-refractivity contribution is -0.143. The average Bonchev–Trinajstić information content (AvgIpc) is 3.85. The normalized spacial score (nSPS) is 16.2. The number of carbonyl (C=O) groups excluding carboxylic acids is 9. The minimum Gasteiger partial charge on any atom is -0.477 e. The van der Waals surface area contributed by atoms with Gasteiger partial charge in [-0.1, -0.05) is 12.5 Å². The fraction of sp³-hybridized carbons (Fsp3) is 0.698. The lowest BCUT2D eigenvalue weighted by atomic mass is 10.0. The SMILES string of the molecule is COC(=O)CCC(NC(=O)[C@@H]1CCCN1C(=O)[C@@H](CCCN)NC(=O)CNC(=O)C(C)NC(=O)[C@@H](NC(=O)C(N)CCCCN)[C@@H](O)CN)C(=O)N[C@@H](CCCCN)C(=O)N/C(=C\CCN=C(N)N)C(=O)O. The van der Waals surface area contributed by atoms with Crippen molar-refractivity contribution < 1.29 is 62.9 Å². The van der Waals surface area contributed by atoms with Crippen LogP contribution in [0.4, 0.5) is 0 Å². The Balaban J connectivity index is 3.19. The number of nitrogens with zero attached hydrogens (tertiary/aromatic N) is 2. The molecule has 0 aromatic carbocycles. The van der Waals surface area contributed by atoms with Gasteiger partial charge in [0, 0.05) is 26.1 Å². The number of unbranched alkanes of at least 4 members (excludes halogenated alkanes) is 2. The highest BCUT2D eigenvalue weighted by atomic mass is 16.5. The largest absolute Gasteiger partial charge is 0.477 e. The summed E-state index contributed by atoms with van der Waals surface area (Å²) in [5.74, 6) is -9.11. The number of aliphatic hydroxyl groups excluding tert-OH is 1. The summed E-state index contributed by atoms with van der Waals surface area (Å²) < 4.78 is 4.73. The van der Waals surface area contributed by atoms with Crippen molar-refractivity contribution in [1.29, 1.82) is 0 Å². The summed E-state index contributed by atoms with van der Waals surface area (Å²) in [7, 11) is 1.12. The monoisotopic (exact) mass is 1030 g/mol. The van der Waals surface area contributed by atoms with Crippen LogP contribution in [-0.2, 0) is 52.7 Å². The van der Waals surface area contributed by atoms with Gasteiger partial charge in [-0.2, -0.15) is 0 Å². The first-order chi connectivity index (χ1) is 34.1. The first-order valence-corrected chi connectivity index (χ1v) is 23.8. The highest BCUT2D eigenvalue weighted by Gasteiger charge is 2.39. The van der Waals surface area contributed by atoms with Crippen LogP contribution in [0.1, 0.15) is 90.4 Å². The van der Waals surface area contributed by atoms with Gasteiger partial charge in [0.05, 0.1) is 25.8 Å². The van der Waals surface area contributed by atoms with E-state index in [9.17, 15) is 58.2 Å². The molecule has 1 rings (SSSR count). The third kappa shape index (κ3) is 23.6. The van der Waals surface area contributed by atoms with Gasteiger partial charge >= 0.3 is 11.9 Å². The molecule has 1 aliphatic rings. The third-order valence-corrected chi connectivity index (χ3v) is 11.2. The fourth-order valence-electron chi connectivity index (χ4n) is 7.14. The molecule has 29 nitrogen and oxygen atoms in total. The Bertz CT molecular complexity index is 1890. The molecule has 0 radical (unpaired) electrons. The number of aliphatic hydroxyl groups is 1. The number of aliphatic imine (C=N–C) groups is 1. The second-order valence-electron chi connectivity index (χ2n) is 16.9. The molecule has 29 heteroatoms. The molecule has 0 spiro atoms. The van der Waals surface area contributed by atoms with Gasteiger partial charge in [-0.25, -0.2) is 4.79 Å². The van der Waals surface area contributed by atoms with Crippen molar-refractivity contribution in [3.05, 3.63) is 11.8 Å². The first-order valence-electron chi connectivity index (χ1n) is 23.8. The number of ether oxygens (including phenoxy) is 1. The Kier molecular flexibility index (Phi) is 30.6. The number of hydrogen-bond acceptors (Lipinski definition) is 18. The molecule has 1 heterocycles. The number of carboxylic acids is 1. The fourth-order valence-corrected chi connectivity index (χ4v) is 7.14. The van der Waals surface area contributed by atoms with Crippen LogP contribution >= 0.6 is 0 Å². The van der Waals surface area contributed by atoms with Crippen molar-refractivity contribution in [2.75, 3.05) is 52.9 Å². The smallest absolute Gasteiger partial charge is 0.352 e. The standard InChI is InChI=1S/C43H78N16O13/c1-24(53-40(68)34(31(60)22-47)58-36(64)25(48)10-3-5-17-44)35(63)52-23-32(61)54-28(12-7-19-46)41(69)59-21-9-14-30(59)39(67)56-27(15-16-33(62)72-2)38(66)55-26(11-4-6-18-45)37(65)57-29(42(70)71)13-8-20-51-43(49)50/h13,24-28,30-31,34,60H,3-12,14-23,44-48H2,1-2H3,(H,52,63)(H,53,68)(H,54,61)(H,55,66)(H,56,67)(H,57,65)(H,58,64)(H,70,71)(H4,49,50,51)/b29-13-/t24?,25?,26-,27?,28+,30-,31-,34-/m0/s1. The number of nitrogens with two attached hydrogens (primary N) is 7. The minimum atomic E-state index is -1.57. The van der Waals surface area contributed by atoms with Crippen LogP contribution in [0.3, 0.4) is 0 Å². The predicted molar refractivity (Wildman–Crippen MR) is 261 cm³/mol. The van der Waals surface area contributed by atoms with E-state index in [1.54, 1.807) is 0 Å². The zero-order valence-corrected chi connectivity index (χ0v) is 41.2. The van der Waals surface area contributed by atoms with Crippen LogP contribution in [0, 0.1) is 0 Å². The predicted octanol–water partition coefficient (Wildman–Crippen LogP) is -7.12. The number of nitrogens with one attached hydrogen (secondary N) is 7. The second kappa shape index (κ2) is 34.7. The highest BCUT2D eigenvalue weighted by Crippen LogP contribution is 2.20. The van der Waals surface area contributed by atoms with E-state index in [-0.39, 0.29) is 83.5 Å². The quantitative estimate of drug-likeness (QED) is 0.00922. The molecule has 0 aromatic heterocycles. The summed E-state index contributed by atoms with van der Waals surface area (Å²) in [5, 5.41) is 37.1. The lowest BCUT2D eigenvalue weighted by Gasteiger charge is -2.30. The number of likely N-dealkylation sites (tertiary alicyclic amines) is 1. The Hall–Kier alpha value is -6.53. The second-order valence-corrected chi connectivity index (χ2v) is 16.9. The topological polar surface area (TPSA) is 502 Å². The van der Waals surface area contributed by atoms with Crippen molar-refractivity contribution in [1.82, 2.24) is 42.1 Å². The molecule has 72 heavy (non-hydrogen) atoms. The molecule has 8 atom stereocenters. The van der Waals surface area contributed by atoms with Crippen LogP contribution < -0.4 is 77.4 Å². The molecule has 1 saturated heterocycles. The number of aliphatic carboxylic acids is 1. The van der Waals surface area contributed by atoms with E-state index in [0.29, 0.717) is 38.6 Å². The van der Waals surface area contributed by atoms with Gasteiger partial charge in [0.15, 0.2) is 5.96 Å². The summed E-state index contributed by atoms with van der Waals surface area (Å²) in [4.78, 5) is 137. The van der Waals surface area contributed by atoms with E-state index in [1.807, 2.05) is 0 Å². The Morgan fingerprint density at radius 1 is 0.750 bits per heavy atom. The van der Waals surface area contributed by atoms with E-state index in [1.165, 1.54) is 17.9 Å². The molecule has 0 aromatic rings. The third-order valence-electron chi connectivity index (χ3n) is 11.2. The molecule has 1 aliphatic heterocycles. The van der Waals surface area contributed by atoms with Crippen LogP contribution in [-0.4, -0.2) is 182 Å². The molecule has 8 amide bonds. The van der Waals surface area contributed by atoms with Gasteiger partial charge in [0.2, 0.25) is 47.3 Å². The van der Waals surface area contributed by atoms with Crippen molar-refractivity contribution in [2.24, 2.45) is 45.1 Å². The van der Waals surface area contributed by atoms with Gasteiger partial charge in [-0.3, -0.25) is 48.1 Å². The number of amides is 8. The zero-order valence-electron chi connectivity index (χ0n) is 41.2. The summed E-state index contributed by atoms with van der Waals surface area (Å²) in [5.41, 5.74) is 38.4. The molecule has 23 N–H and O–H groups in total. The zero-order chi connectivity index (χ0) is 54.3. The molecular weight excluding hydrogens is 949 g/mol. The summed E-state index contributed by atoms with van der Waals surface area (Å²) in [6, 6.07) is -9.11. The summed E-state index contributed by atoms with van der Waals surface area (Å²) in [6.45, 7) is 1.03. The van der Waals surface area contributed by atoms with E-state index in [2.05, 4.69) is 42.2 Å². The Morgan fingerprint density at radius 3 is 1.97 bits per heavy atom. The van der Waals surface area contributed by atoms with Gasteiger partial charge in [0.1, 0.15) is 41.9 Å². The van der Waals surface area contributed by atoms with E-state index in [4.69, 9.17) is 44.9 Å². The van der Waals surface area contributed by atoms with Gasteiger partial charge in [-0.05, 0) is 97.2 Å². The average molecular weight is 1030 g/mol. The maximum absolute atomic E-state index is 14.1. The van der Waals surface area contributed by atoms with Crippen LogP contribution in [0.25, 0.3) is 0 Å². The van der Waals surface area contributed by atoms with Gasteiger partial charge in [0.25, 0.3) is 0 Å². The summed E-state index contributed by atoms with van der Waals surface area (Å²) in [6.07, 6.45) is 1.93. The van der Waals surface area contributed by atoms with Gasteiger partial charge in [-0.15, -0.1) is 0 Å². The Morgan fingerprint density at radius 2 is 1.38 bits per heavy atom. The maximum Gasteiger partial charge on any atom is 0.352 e. The minimum absolute atomic E-state index is 0.00169. The number of rotatable bonds is 35. The van der Waals surface area contributed by atoms with Crippen LogP contribution in [0.2, 0.25) is 0 Å². The van der Waals surface area contributed by atoms with Crippen molar-refractivity contribution in [2.45, 2.75) is 139 Å². The molecule has 1 fully saturated rings.